The van der Waals surface area contributed by atoms with Gasteiger partial charge in [-0.15, -0.1) is 11.8 Å². The van der Waals surface area contributed by atoms with Crippen LogP contribution in [0.25, 0.3) is 0 Å². The van der Waals surface area contributed by atoms with Crippen LogP contribution in [0.4, 0.5) is 30.7 Å². The van der Waals surface area contributed by atoms with Gasteiger partial charge in [0.2, 0.25) is 0 Å². The van der Waals surface area contributed by atoms with E-state index in [9.17, 15) is 40.3 Å². The number of carbonyl (C=O) groups is 2. The minimum Gasteiger partial charge on any atom is -0.465 e. The van der Waals surface area contributed by atoms with Gasteiger partial charge in [0.15, 0.2) is 11.0 Å². The molecule has 1 aliphatic heterocycles. The van der Waals surface area contributed by atoms with Crippen LogP contribution in [0.15, 0.2) is 16.1 Å². The lowest BCUT2D eigenvalue weighted by Crippen LogP contribution is -2.53. The van der Waals surface area contributed by atoms with Crippen LogP contribution in [0.5, 0.6) is 0 Å². The molecular formula is C13H12F7NO4S. The minimum atomic E-state index is -6.57. The summed E-state index contributed by atoms with van der Waals surface area (Å²) in [5.74, 6) is -14.8. The molecule has 0 aliphatic carbocycles. The standard InChI is InChI=1S/C13H12F7NO4S/c1-3-24-9(22)7-8(10(23)25-4-2)26-5-6(21-7)11(14,15)12(16,17)13(18,19)20/h5,8H,3-4H2,1-2H3. The van der Waals surface area contributed by atoms with Crippen molar-refractivity contribution >= 4 is 29.4 Å². The molecule has 26 heavy (non-hydrogen) atoms. The van der Waals surface area contributed by atoms with Gasteiger partial charge in [0.05, 0.1) is 13.2 Å². The second-order valence-electron chi connectivity index (χ2n) is 4.64. The van der Waals surface area contributed by atoms with Crippen LogP contribution in [-0.2, 0) is 19.1 Å². The van der Waals surface area contributed by atoms with E-state index in [-0.39, 0.29) is 30.4 Å². The van der Waals surface area contributed by atoms with E-state index >= 15 is 0 Å². The molecule has 148 valence electrons. The van der Waals surface area contributed by atoms with E-state index in [1.54, 1.807) is 0 Å². The zero-order valence-electron chi connectivity index (χ0n) is 13.2. The molecule has 0 spiro atoms. The van der Waals surface area contributed by atoms with Gasteiger partial charge in [0.25, 0.3) is 0 Å². The number of aliphatic imine (C=N–C) groups is 1. The Labute approximate surface area is 146 Å². The van der Waals surface area contributed by atoms with Crippen molar-refractivity contribution in [3.05, 3.63) is 11.1 Å². The fraction of sp³-hybridized carbons (Fsp3) is 0.615. The summed E-state index contributed by atoms with van der Waals surface area (Å²) in [5.41, 5.74) is -3.08. The number of hydrogen-bond donors (Lipinski definition) is 0. The molecule has 13 heteroatoms. The number of nitrogens with zero attached hydrogens (tertiary/aromatic N) is 1. The molecule has 0 aromatic heterocycles. The van der Waals surface area contributed by atoms with Gasteiger partial charge in [-0.05, 0) is 13.8 Å². The normalized spacial score (nSPS) is 18.7. The zero-order valence-corrected chi connectivity index (χ0v) is 14.0. The molecular weight excluding hydrogens is 399 g/mol. The highest BCUT2D eigenvalue weighted by Crippen LogP contribution is 2.51. The molecule has 1 rings (SSSR count). The first kappa shape index (κ1) is 22.3. The largest absolute Gasteiger partial charge is 0.465 e. The average Bonchev–Trinajstić information content (AvgIpc) is 2.53. The lowest BCUT2D eigenvalue weighted by Gasteiger charge is -2.30. The summed E-state index contributed by atoms with van der Waals surface area (Å²) in [6, 6.07) is 0. The number of ether oxygens (including phenoxy) is 2. The summed E-state index contributed by atoms with van der Waals surface area (Å²) >= 11 is 0.0864. The molecule has 1 atom stereocenters. The van der Waals surface area contributed by atoms with Crippen LogP contribution in [0.3, 0.4) is 0 Å². The van der Waals surface area contributed by atoms with Crippen molar-refractivity contribution in [2.45, 2.75) is 37.1 Å². The summed E-state index contributed by atoms with van der Waals surface area (Å²) in [6.45, 7) is 2.26. The molecule has 0 aromatic rings. The highest BCUT2D eigenvalue weighted by molar-refractivity contribution is 8.04. The smallest absolute Gasteiger partial charge is 0.460 e. The number of thioether (sulfide) groups is 1. The van der Waals surface area contributed by atoms with Crippen LogP contribution < -0.4 is 0 Å². The Morgan fingerprint density at radius 2 is 1.62 bits per heavy atom. The Hall–Kier alpha value is -1.79. The van der Waals surface area contributed by atoms with Crippen molar-refractivity contribution < 1.29 is 49.8 Å². The summed E-state index contributed by atoms with van der Waals surface area (Å²) in [6.07, 6.45) is -6.57. The van der Waals surface area contributed by atoms with Gasteiger partial charge in [-0.1, -0.05) is 0 Å². The van der Waals surface area contributed by atoms with E-state index in [4.69, 9.17) is 0 Å². The zero-order chi connectivity index (χ0) is 20.3. The lowest BCUT2D eigenvalue weighted by atomic mass is 10.1. The van der Waals surface area contributed by atoms with Gasteiger partial charge in [0, 0.05) is 5.41 Å². The summed E-state index contributed by atoms with van der Waals surface area (Å²) in [4.78, 5) is 26.4. The Bertz CT molecular complexity index is 630. The molecule has 0 N–H and O–H groups in total. The van der Waals surface area contributed by atoms with Gasteiger partial charge in [-0.3, -0.25) is 4.79 Å². The Morgan fingerprint density at radius 1 is 1.08 bits per heavy atom. The number of halogens is 7. The summed E-state index contributed by atoms with van der Waals surface area (Å²) in [5, 5.41) is -1.49. The number of hydrogen-bond acceptors (Lipinski definition) is 6. The average molecular weight is 411 g/mol. The fourth-order valence-electron chi connectivity index (χ4n) is 1.64. The lowest BCUT2D eigenvalue weighted by molar-refractivity contribution is -0.344. The summed E-state index contributed by atoms with van der Waals surface area (Å²) in [7, 11) is 0. The first-order valence-corrected chi connectivity index (χ1v) is 7.86. The minimum absolute atomic E-state index is 0.0864. The molecule has 0 amide bonds. The topological polar surface area (TPSA) is 65.0 Å². The maximum absolute atomic E-state index is 13.8. The van der Waals surface area contributed by atoms with Gasteiger partial charge >= 0.3 is 30.0 Å². The molecule has 5 nitrogen and oxygen atoms in total. The number of carbonyl (C=O) groups excluding carboxylic acids is 2. The third kappa shape index (κ3) is 4.13. The van der Waals surface area contributed by atoms with E-state index in [1.165, 1.54) is 13.8 Å². The fourth-order valence-corrected chi connectivity index (χ4v) is 2.56. The van der Waals surface area contributed by atoms with E-state index in [2.05, 4.69) is 14.5 Å². The molecule has 0 saturated heterocycles. The molecule has 0 saturated carbocycles. The Morgan fingerprint density at radius 3 is 2.08 bits per heavy atom. The first-order chi connectivity index (χ1) is 11.8. The SMILES string of the molecule is CCOC(=O)C1=NC(C(F)(F)C(F)(F)C(F)(F)F)=CSC1C(=O)OCC. The molecule has 0 radical (unpaired) electrons. The predicted octanol–water partition coefficient (Wildman–Crippen LogP) is 3.34. The number of allylic oxidation sites excluding steroid dienone is 1. The maximum atomic E-state index is 13.8. The monoisotopic (exact) mass is 411 g/mol. The Balaban J connectivity index is 3.35. The van der Waals surface area contributed by atoms with Crippen molar-refractivity contribution in [1.82, 2.24) is 0 Å². The molecule has 0 fully saturated rings. The van der Waals surface area contributed by atoms with Crippen LogP contribution in [-0.4, -0.2) is 54.1 Å². The highest BCUT2D eigenvalue weighted by atomic mass is 32.2. The third-order valence-corrected chi connectivity index (χ3v) is 3.91. The second-order valence-corrected chi connectivity index (χ2v) is 5.61. The predicted molar refractivity (Wildman–Crippen MR) is 76.1 cm³/mol. The number of rotatable bonds is 6. The van der Waals surface area contributed by atoms with Gasteiger partial charge in [0.1, 0.15) is 5.70 Å². The van der Waals surface area contributed by atoms with Gasteiger partial charge in [-0.2, -0.15) is 30.7 Å². The quantitative estimate of drug-likeness (QED) is 0.496. The van der Waals surface area contributed by atoms with Crippen molar-refractivity contribution in [3.8, 4) is 0 Å². The van der Waals surface area contributed by atoms with Crippen LogP contribution in [0, 0.1) is 0 Å². The van der Waals surface area contributed by atoms with E-state index in [1.807, 2.05) is 0 Å². The molecule has 0 aromatic carbocycles. The highest BCUT2D eigenvalue weighted by Gasteiger charge is 2.74. The van der Waals surface area contributed by atoms with Crippen LogP contribution >= 0.6 is 11.8 Å². The molecule has 1 unspecified atom stereocenters. The first-order valence-electron chi connectivity index (χ1n) is 6.92. The third-order valence-electron chi connectivity index (χ3n) is 2.86. The Kier molecular flexibility index (Phi) is 6.71. The van der Waals surface area contributed by atoms with Crippen molar-refractivity contribution in [2.75, 3.05) is 13.2 Å². The molecule has 1 aliphatic rings. The maximum Gasteiger partial charge on any atom is 0.460 e. The van der Waals surface area contributed by atoms with Crippen molar-refractivity contribution in [3.63, 3.8) is 0 Å². The number of esters is 2. The van der Waals surface area contributed by atoms with Crippen LogP contribution in [0.2, 0.25) is 0 Å². The molecule has 1 heterocycles. The van der Waals surface area contributed by atoms with Crippen LogP contribution in [0.1, 0.15) is 13.8 Å². The van der Waals surface area contributed by atoms with Crippen molar-refractivity contribution in [2.24, 2.45) is 4.99 Å². The van der Waals surface area contributed by atoms with E-state index in [0.29, 0.717) is 0 Å². The van der Waals surface area contributed by atoms with E-state index in [0.717, 1.165) is 0 Å². The molecule has 0 bridgehead atoms. The van der Waals surface area contributed by atoms with Gasteiger partial charge < -0.3 is 9.47 Å². The second kappa shape index (κ2) is 7.84. The van der Waals surface area contributed by atoms with E-state index < -0.39 is 46.6 Å². The van der Waals surface area contributed by atoms with Crippen molar-refractivity contribution in [1.29, 1.82) is 0 Å². The number of alkyl halides is 7. The summed E-state index contributed by atoms with van der Waals surface area (Å²) < 4.78 is 99.7. The van der Waals surface area contributed by atoms with Gasteiger partial charge in [-0.25, -0.2) is 9.79 Å².